The maximum absolute atomic E-state index is 9.16. The van der Waals surface area contributed by atoms with Gasteiger partial charge in [-0.25, -0.2) is 0 Å². The van der Waals surface area contributed by atoms with Gasteiger partial charge >= 0.3 is 0 Å². The van der Waals surface area contributed by atoms with Gasteiger partial charge in [0, 0.05) is 5.56 Å². The van der Waals surface area contributed by atoms with Crippen molar-refractivity contribution in [2.45, 2.75) is 6.29 Å². The zero-order chi connectivity index (χ0) is 12.3. The molecule has 0 amide bonds. The molecule has 4 nitrogen and oxygen atoms in total. The maximum atomic E-state index is 9.16. The van der Waals surface area contributed by atoms with Crippen molar-refractivity contribution in [1.29, 1.82) is 0 Å². The summed E-state index contributed by atoms with van der Waals surface area (Å²) >= 11 is 0. The van der Waals surface area contributed by atoms with Crippen LogP contribution in [-0.2, 0) is 0 Å². The van der Waals surface area contributed by atoms with E-state index in [0.29, 0.717) is 17.1 Å². The Morgan fingerprint density at radius 1 is 0.882 bits per heavy atom. The first-order valence-electron chi connectivity index (χ1n) is 5.09. The van der Waals surface area contributed by atoms with Crippen molar-refractivity contribution in [3.8, 4) is 17.2 Å². The van der Waals surface area contributed by atoms with E-state index in [1.807, 2.05) is 0 Å². The Kier molecular flexibility index (Phi) is 3.27. The second-order valence-corrected chi connectivity index (χ2v) is 3.51. The summed E-state index contributed by atoms with van der Waals surface area (Å²) in [6.45, 7) is 0. The fourth-order valence-electron chi connectivity index (χ4n) is 1.43. The van der Waals surface area contributed by atoms with E-state index < -0.39 is 6.29 Å². The highest BCUT2D eigenvalue weighted by Crippen LogP contribution is 2.29. The lowest BCUT2D eigenvalue weighted by Gasteiger charge is -2.12. The fourth-order valence-corrected chi connectivity index (χ4v) is 1.43. The lowest BCUT2D eigenvalue weighted by Crippen LogP contribution is -1.98. The lowest BCUT2D eigenvalue weighted by atomic mass is 10.2. The van der Waals surface area contributed by atoms with Crippen LogP contribution in [0.4, 0.5) is 0 Å². The number of ether oxygens (including phenoxy) is 1. The standard InChI is InChI=1S/C13H12O4/c14-9-5-7-10(8-6-9)17-12-4-2-1-3-11(12)13(15)16/h1-8,13-16H. The van der Waals surface area contributed by atoms with Crippen LogP contribution in [0, 0.1) is 0 Å². The molecule has 2 rings (SSSR count). The first-order chi connectivity index (χ1) is 8.16. The van der Waals surface area contributed by atoms with Gasteiger partial charge in [0.25, 0.3) is 0 Å². The number of benzene rings is 2. The van der Waals surface area contributed by atoms with Gasteiger partial charge in [0.2, 0.25) is 0 Å². The summed E-state index contributed by atoms with van der Waals surface area (Å²) in [5.74, 6) is 1.02. The molecule has 88 valence electrons. The van der Waals surface area contributed by atoms with Crippen molar-refractivity contribution < 1.29 is 20.1 Å². The molecule has 0 aliphatic heterocycles. The number of phenols is 1. The van der Waals surface area contributed by atoms with E-state index in [1.165, 1.54) is 12.1 Å². The van der Waals surface area contributed by atoms with Gasteiger partial charge in [-0.05, 0) is 30.3 Å². The van der Waals surface area contributed by atoms with Gasteiger partial charge in [0.15, 0.2) is 6.29 Å². The van der Waals surface area contributed by atoms with Crippen molar-refractivity contribution in [1.82, 2.24) is 0 Å². The Labute approximate surface area is 98.3 Å². The summed E-state index contributed by atoms with van der Waals surface area (Å²) in [6.07, 6.45) is -1.58. The number of phenolic OH excluding ortho intramolecular Hbond substituents is 1. The molecule has 17 heavy (non-hydrogen) atoms. The molecule has 0 spiro atoms. The van der Waals surface area contributed by atoms with Gasteiger partial charge in [-0.1, -0.05) is 18.2 Å². The van der Waals surface area contributed by atoms with Crippen LogP contribution in [0.25, 0.3) is 0 Å². The Morgan fingerprint density at radius 3 is 2.18 bits per heavy atom. The molecule has 0 aliphatic rings. The number of hydrogen-bond donors (Lipinski definition) is 3. The van der Waals surface area contributed by atoms with Gasteiger partial charge < -0.3 is 20.1 Å². The first-order valence-corrected chi connectivity index (χ1v) is 5.09. The Morgan fingerprint density at radius 2 is 1.53 bits per heavy atom. The molecule has 0 aliphatic carbocycles. The molecular weight excluding hydrogens is 220 g/mol. The third-order valence-corrected chi connectivity index (χ3v) is 2.26. The summed E-state index contributed by atoms with van der Waals surface area (Å²) in [4.78, 5) is 0. The minimum absolute atomic E-state index is 0.146. The predicted octanol–water partition coefficient (Wildman–Crippen LogP) is 2.17. The molecule has 3 N–H and O–H groups in total. The van der Waals surface area contributed by atoms with Gasteiger partial charge in [-0.3, -0.25) is 0 Å². The van der Waals surface area contributed by atoms with Gasteiger partial charge in [0.1, 0.15) is 17.2 Å². The predicted molar refractivity (Wildman–Crippen MR) is 61.8 cm³/mol. The highest BCUT2D eigenvalue weighted by atomic mass is 16.5. The third-order valence-electron chi connectivity index (χ3n) is 2.26. The second-order valence-electron chi connectivity index (χ2n) is 3.51. The molecule has 4 heteroatoms. The van der Waals surface area contributed by atoms with Crippen LogP contribution in [0.15, 0.2) is 48.5 Å². The van der Waals surface area contributed by atoms with E-state index in [2.05, 4.69) is 0 Å². The van der Waals surface area contributed by atoms with Gasteiger partial charge in [-0.15, -0.1) is 0 Å². The molecule has 0 heterocycles. The lowest BCUT2D eigenvalue weighted by molar-refractivity contribution is -0.0436. The largest absolute Gasteiger partial charge is 0.508 e. The minimum atomic E-state index is -1.58. The Bertz CT molecular complexity index is 491. The quantitative estimate of drug-likeness (QED) is 0.709. The topological polar surface area (TPSA) is 69.9 Å². The highest BCUT2D eigenvalue weighted by molar-refractivity contribution is 5.39. The van der Waals surface area contributed by atoms with Crippen LogP contribution in [0.3, 0.4) is 0 Å². The summed E-state index contributed by atoms with van der Waals surface area (Å²) in [6, 6.07) is 12.8. The van der Waals surface area contributed by atoms with Crippen LogP contribution in [0.1, 0.15) is 11.9 Å². The van der Waals surface area contributed by atoms with Crippen LogP contribution < -0.4 is 4.74 Å². The smallest absolute Gasteiger partial charge is 0.182 e. The number of rotatable bonds is 3. The van der Waals surface area contributed by atoms with Crippen molar-refractivity contribution in [2.24, 2.45) is 0 Å². The summed E-state index contributed by atoms with van der Waals surface area (Å²) in [7, 11) is 0. The molecule has 0 radical (unpaired) electrons. The molecule has 0 saturated heterocycles. The summed E-state index contributed by atoms with van der Waals surface area (Å²) in [5, 5.41) is 27.5. The summed E-state index contributed by atoms with van der Waals surface area (Å²) < 4.78 is 5.49. The number of aliphatic hydroxyl groups excluding tert-OH is 1. The fraction of sp³-hybridized carbons (Fsp3) is 0.0769. The third kappa shape index (κ3) is 2.75. The molecule has 0 atom stereocenters. The monoisotopic (exact) mass is 232 g/mol. The zero-order valence-corrected chi connectivity index (χ0v) is 8.95. The van der Waals surface area contributed by atoms with Gasteiger partial charge in [0.05, 0.1) is 0 Å². The number of para-hydroxylation sites is 1. The second kappa shape index (κ2) is 4.86. The average Bonchev–Trinajstić information content (AvgIpc) is 2.32. The Hall–Kier alpha value is -2.04. The molecule has 0 bridgehead atoms. The SMILES string of the molecule is Oc1ccc(Oc2ccccc2C(O)O)cc1. The number of aromatic hydroxyl groups is 1. The first kappa shape index (κ1) is 11.4. The van der Waals surface area contributed by atoms with Crippen molar-refractivity contribution in [3.63, 3.8) is 0 Å². The van der Waals surface area contributed by atoms with Crippen molar-refractivity contribution in [3.05, 3.63) is 54.1 Å². The molecule has 0 aromatic heterocycles. The zero-order valence-electron chi connectivity index (χ0n) is 8.95. The molecule has 0 unspecified atom stereocenters. The molecule has 0 fully saturated rings. The van der Waals surface area contributed by atoms with Crippen molar-refractivity contribution >= 4 is 0 Å². The van der Waals surface area contributed by atoms with E-state index in [9.17, 15) is 0 Å². The van der Waals surface area contributed by atoms with E-state index in [0.717, 1.165) is 0 Å². The van der Waals surface area contributed by atoms with E-state index in [1.54, 1.807) is 36.4 Å². The highest BCUT2D eigenvalue weighted by Gasteiger charge is 2.10. The Balaban J connectivity index is 2.26. The maximum Gasteiger partial charge on any atom is 0.182 e. The normalized spacial score (nSPS) is 10.5. The van der Waals surface area contributed by atoms with Crippen LogP contribution in [0.2, 0.25) is 0 Å². The summed E-state index contributed by atoms with van der Waals surface area (Å²) in [5.41, 5.74) is 0.292. The molecule has 2 aromatic carbocycles. The molecular formula is C13H12O4. The van der Waals surface area contributed by atoms with E-state index in [4.69, 9.17) is 20.1 Å². The van der Waals surface area contributed by atoms with Crippen molar-refractivity contribution in [2.75, 3.05) is 0 Å². The average molecular weight is 232 g/mol. The van der Waals surface area contributed by atoms with E-state index in [-0.39, 0.29) is 5.75 Å². The van der Waals surface area contributed by atoms with E-state index >= 15 is 0 Å². The van der Waals surface area contributed by atoms with Gasteiger partial charge in [-0.2, -0.15) is 0 Å². The number of aliphatic hydroxyl groups is 2. The molecule has 2 aromatic rings. The minimum Gasteiger partial charge on any atom is -0.508 e. The molecule has 0 saturated carbocycles. The van der Waals surface area contributed by atoms with Crippen LogP contribution >= 0.6 is 0 Å². The van der Waals surface area contributed by atoms with Crippen LogP contribution in [0.5, 0.6) is 17.2 Å². The number of hydrogen-bond acceptors (Lipinski definition) is 4. The van der Waals surface area contributed by atoms with Crippen LogP contribution in [-0.4, -0.2) is 15.3 Å².